The van der Waals surface area contributed by atoms with Crippen LogP contribution < -0.4 is 16.4 Å². The van der Waals surface area contributed by atoms with Crippen molar-refractivity contribution < 1.29 is 4.79 Å². The molecule has 0 bridgehead atoms. The van der Waals surface area contributed by atoms with Crippen molar-refractivity contribution in [2.75, 3.05) is 19.4 Å². The first-order chi connectivity index (χ1) is 16.4. The Morgan fingerprint density at radius 1 is 1.09 bits per heavy atom. The largest absolute Gasteiger partial charge is 0.380 e. The molecular weight excluding hydrogens is 438 g/mol. The number of aldehydes is 1. The fourth-order valence-electron chi connectivity index (χ4n) is 3.21. The first-order valence-electron chi connectivity index (χ1n) is 12.0. The van der Waals surface area contributed by atoms with Crippen LogP contribution >= 0.6 is 11.3 Å². The molecule has 0 spiro atoms. The van der Waals surface area contributed by atoms with Gasteiger partial charge >= 0.3 is 0 Å². The maximum atomic E-state index is 9.89. The van der Waals surface area contributed by atoms with Crippen LogP contribution in [-0.4, -0.2) is 20.4 Å². The highest BCUT2D eigenvalue weighted by molar-refractivity contribution is 7.16. The minimum Gasteiger partial charge on any atom is -0.380 e. The minimum absolute atomic E-state index is 0.625. The van der Waals surface area contributed by atoms with Crippen LogP contribution in [0.25, 0.3) is 6.08 Å². The molecular formula is C29H45N3OS. The van der Waals surface area contributed by atoms with Crippen LogP contribution in [0, 0.1) is 0 Å². The number of nitrogens with one attached hydrogen (secondary N) is 2. The highest BCUT2D eigenvalue weighted by Gasteiger charge is 2.13. The van der Waals surface area contributed by atoms with Crippen LogP contribution in [0.3, 0.4) is 0 Å². The summed E-state index contributed by atoms with van der Waals surface area (Å²) in [7, 11) is 3.92. The summed E-state index contributed by atoms with van der Waals surface area (Å²) in [5.41, 5.74) is 12.1. The lowest BCUT2D eigenvalue weighted by Crippen LogP contribution is -2.07. The van der Waals surface area contributed by atoms with Crippen molar-refractivity contribution in [3.63, 3.8) is 0 Å². The van der Waals surface area contributed by atoms with E-state index in [4.69, 9.17) is 5.73 Å². The molecule has 0 atom stereocenters. The average molecular weight is 484 g/mol. The number of allylic oxidation sites excluding steroid dienone is 3. The molecule has 1 aromatic carbocycles. The Kier molecular flexibility index (Phi) is 18.5. The van der Waals surface area contributed by atoms with Crippen molar-refractivity contribution in [1.29, 1.82) is 0 Å². The van der Waals surface area contributed by atoms with Gasteiger partial charge in [-0.05, 0) is 63.3 Å². The molecule has 4 N–H and O–H groups in total. The lowest BCUT2D eigenvalue weighted by Gasteiger charge is -2.03. The Hall–Kier alpha value is -2.47. The monoisotopic (exact) mass is 483 g/mol. The SMILES string of the molecule is C=C(C)CCCC(=C)CC.CCc1c(CNC)sc(NC)c1CN.O=C/C=C/c1ccccc1. The Balaban J connectivity index is 0.000000492. The lowest BCUT2D eigenvalue weighted by atomic mass is 10.1. The van der Waals surface area contributed by atoms with E-state index in [1.54, 1.807) is 17.4 Å². The van der Waals surface area contributed by atoms with Crippen LogP contribution in [0.4, 0.5) is 5.00 Å². The van der Waals surface area contributed by atoms with Gasteiger partial charge in [0.1, 0.15) is 6.29 Å². The molecule has 5 heteroatoms. The van der Waals surface area contributed by atoms with Gasteiger partial charge in [0.25, 0.3) is 0 Å². The van der Waals surface area contributed by atoms with E-state index in [1.165, 1.54) is 51.1 Å². The number of carbonyl (C=O) groups is 1. The Bertz CT molecular complexity index is 869. The molecule has 188 valence electrons. The number of hydrogen-bond acceptors (Lipinski definition) is 5. The van der Waals surface area contributed by atoms with Gasteiger partial charge in [-0.3, -0.25) is 4.79 Å². The maximum absolute atomic E-state index is 9.89. The van der Waals surface area contributed by atoms with Gasteiger partial charge in [-0.25, -0.2) is 0 Å². The number of carbonyl (C=O) groups excluding carboxylic acids is 1. The van der Waals surface area contributed by atoms with E-state index in [-0.39, 0.29) is 0 Å². The molecule has 0 aliphatic heterocycles. The van der Waals surface area contributed by atoms with Gasteiger partial charge in [0.05, 0.1) is 5.00 Å². The zero-order valence-corrected chi connectivity index (χ0v) is 22.7. The molecule has 1 heterocycles. The predicted octanol–water partition coefficient (Wildman–Crippen LogP) is 7.13. The number of thiophene rings is 1. The van der Waals surface area contributed by atoms with Crippen LogP contribution in [0.2, 0.25) is 0 Å². The number of rotatable bonds is 12. The zero-order chi connectivity index (χ0) is 25.8. The number of benzene rings is 1. The number of hydrogen-bond donors (Lipinski definition) is 3. The summed E-state index contributed by atoms with van der Waals surface area (Å²) in [4.78, 5) is 11.3. The third kappa shape index (κ3) is 13.3. The van der Waals surface area contributed by atoms with Crippen molar-refractivity contribution >= 4 is 28.7 Å². The van der Waals surface area contributed by atoms with Crippen molar-refractivity contribution in [3.8, 4) is 0 Å². The zero-order valence-electron chi connectivity index (χ0n) is 21.9. The van der Waals surface area contributed by atoms with Gasteiger partial charge in [0.2, 0.25) is 0 Å². The second-order valence-corrected chi connectivity index (χ2v) is 9.07. The van der Waals surface area contributed by atoms with Crippen molar-refractivity contribution in [2.45, 2.75) is 66.0 Å². The van der Waals surface area contributed by atoms with Crippen molar-refractivity contribution in [1.82, 2.24) is 5.32 Å². The number of anilines is 1. The van der Waals surface area contributed by atoms with Crippen LogP contribution in [-0.2, 0) is 24.3 Å². The predicted molar refractivity (Wildman–Crippen MR) is 154 cm³/mol. The van der Waals surface area contributed by atoms with Gasteiger partial charge in [-0.1, -0.05) is 68.0 Å². The van der Waals surface area contributed by atoms with Gasteiger partial charge < -0.3 is 16.4 Å². The van der Waals surface area contributed by atoms with Gasteiger partial charge in [0.15, 0.2) is 0 Å². The molecule has 0 saturated carbocycles. The highest BCUT2D eigenvalue weighted by atomic mass is 32.1. The molecule has 0 amide bonds. The Labute approximate surface area is 212 Å². The van der Waals surface area contributed by atoms with E-state index in [0.29, 0.717) is 6.54 Å². The summed E-state index contributed by atoms with van der Waals surface area (Å²) in [5, 5.41) is 7.62. The van der Waals surface area contributed by atoms with E-state index in [9.17, 15) is 4.79 Å². The molecule has 1 aromatic heterocycles. The average Bonchev–Trinajstić information content (AvgIpc) is 3.20. The van der Waals surface area contributed by atoms with E-state index >= 15 is 0 Å². The summed E-state index contributed by atoms with van der Waals surface area (Å²) >= 11 is 1.81. The summed E-state index contributed by atoms with van der Waals surface area (Å²) < 4.78 is 0. The summed E-state index contributed by atoms with van der Waals surface area (Å²) in [5.74, 6) is 0. The smallest absolute Gasteiger partial charge is 0.142 e. The van der Waals surface area contributed by atoms with E-state index < -0.39 is 0 Å². The topological polar surface area (TPSA) is 67.2 Å². The summed E-state index contributed by atoms with van der Waals surface area (Å²) in [6.07, 6.45) is 9.75. The minimum atomic E-state index is 0.625. The molecule has 0 fully saturated rings. The lowest BCUT2D eigenvalue weighted by molar-refractivity contribution is -0.104. The molecule has 4 nitrogen and oxygen atoms in total. The maximum Gasteiger partial charge on any atom is 0.142 e. The summed E-state index contributed by atoms with van der Waals surface area (Å²) in [6.45, 7) is 15.8. The Morgan fingerprint density at radius 3 is 2.24 bits per heavy atom. The highest BCUT2D eigenvalue weighted by Crippen LogP contribution is 2.33. The molecule has 0 saturated heterocycles. The third-order valence-corrected chi connectivity index (χ3v) is 6.41. The van der Waals surface area contributed by atoms with Crippen molar-refractivity contribution in [3.05, 3.63) is 82.3 Å². The standard InChI is InChI=1S/C10H19N3S.C10H18.C9H8O/c1-4-7-8(5-11)10(13-3)14-9(7)6-12-2;1-5-10(4)8-6-7-9(2)3;10-8-4-7-9-5-2-1-3-6-9/h12-13H,4-6,11H2,1-3H3;2,4-8H2,1,3H3;1-8H/b;;7-4+. The van der Waals surface area contributed by atoms with Gasteiger partial charge in [0, 0.05) is 30.6 Å². The normalized spacial score (nSPS) is 10.1. The fraction of sp³-hybridized carbons (Fsp3) is 0.414. The van der Waals surface area contributed by atoms with Gasteiger partial charge in [-0.2, -0.15) is 0 Å². The molecule has 0 unspecified atom stereocenters. The number of nitrogens with two attached hydrogens (primary N) is 1. The second-order valence-electron chi connectivity index (χ2n) is 7.97. The molecule has 0 radical (unpaired) electrons. The molecule has 2 rings (SSSR count). The van der Waals surface area contributed by atoms with Crippen LogP contribution in [0.5, 0.6) is 0 Å². The first-order valence-corrected chi connectivity index (χ1v) is 12.8. The fourth-order valence-corrected chi connectivity index (χ4v) is 4.50. The van der Waals surface area contributed by atoms with Crippen LogP contribution in [0.1, 0.15) is 68.0 Å². The van der Waals surface area contributed by atoms with Crippen molar-refractivity contribution in [2.24, 2.45) is 5.73 Å². The molecule has 2 aromatic rings. The quantitative estimate of drug-likeness (QED) is 0.171. The Morgan fingerprint density at radius 2 is 1.76 bits per heavy atom. The molecule has 0 aliphatic carbocycles. The van der Waals surface area contributed by atoms with Gasteiger partial charge in [-0.15, -0.1) is 17.9 Å². The molecule has 0 aliphatic rings. The van der Waals surface area contributed by atoms with Crippen LogP contribution in [0.15, 0.2) is 60.7 Å². The van der Waals surface area contributed by atoms with E-state index in [1.807, 2.05) is 44.4 Å². The molecule has 34 heavy (non-hydrogen) atoms. The van der Waals surface area contributed by atoms with E-state index in [2.05, 4.69) is 44.6 Å². The van der Waals surface area contributed by atoms with E-state index in [0.717, 1.165) is 37.7 Å². The third-order valence-electron chi connectivity index (χ3n) is 5.12. The summed E-state index contributed by atoms with van der Waals surface area (Å²) in [6, 6.07) is 9.70. The second kappa shape index (κ2) is 20.0. The first kappa shape index (κ1) is 31.5.